The lowest BCUT2D eigenvalue weighted by atomic mass is 9.90. The summed E-state index contributed by atoms with van der Waals surface area (Å²) < 4.78 is 22.3. The average Bonchev–Trinajstić information content (AvgIpc) is 2.03. The lowest BCUT2D eigenvalue weighted by Gasteiger charge is -2.23. The quantitative estimate of drug-likeness (QED) is 0.618. The maximum absolute atomic E-state index is 11.1. The van der Waals surface area contributed by atoms with Gasteiger partial charge < -0.3 is 0 Å². The molecule has 0 amide bonds. The molecule has 0 spiro atoms. The Morgan fingerprint density at radius 3 is 2.58 bits per heavy atom. The van der Waals surface area contributed by atoms with Gasteiger partial charge in [0.1, 0.15) is 9.84 Å². The van der Waals surface area contributed by atoms with Crippen LogP contribution >= 0.6 is 0 Å². The number of hydrogen-bond donors (Lipinski definition) is 0. The van der Waals surface area contributed by atoms with Crippen molar-refractivity contribution in [3.63, 3.8) is 0 Å². The second-order valence-corrected chi connectivity index (χ2v) is 5.77. The summed E-state index contributed by atoms with van der Waals surface area (Å²) in [5.41, 5.74) is 0. The van der Waals surface area contributed by atoms with Crippen molar-refractivity contribution in [2.75, 3.05) is 6.26 Å². The van der Waals surface area contributed by atoms with E-state index < -0.39 is 9.84 Å². The summed E-state index contributed by atoms with van der Waals surface area (Å²) in [6, 6.07) is 2.14. The lowest BCUT2D eigenvalue weighted by Crippen LogP contribution is -2.26. The minimum absolute atomic E-state index is 0.0431. The SMILES string of the molecule is CS(=O)(=O)C1CCCC(C#N)C1. The highest BCUT2D eigenvalue weighted by atomic mass is 32.2. The molecular weight excluding hydrogens is 174 g/mol. The van der Waals surface area contributed by atoms with E-state index in [4.69, 9.17) is 5.26 Å². The first kappa shape index (κ1) is 9.53. The highest BCUT2D eigenvalue weighted by molar-refractivity contribution is 7.91. The number of rotatable bonds is 1. The van der Waals surface area contributed by atoms with Crippen LogP contribution in [0.4, 0.5) is 0 Å². The largest absolute Gasteiger partial charge is 0.229 e. The Morgan fingerprint density at radius 2 is 2.08 bits per heavy atom. The van der Waals surface area contributed by atoms with Crippen LogP contribution in [-0.2, 0) is 9.84 Å². The molecule has 0 radical (unpaired) electrons. The second-order valence-electron chi connectivity index (χ2n) is 3.44. The summed E-state index contributed by atoms with van der Waals surface area (Å²) in [6.45, 7) is 0. The first-order valence-corrected chi connectivity index (χ1v) is 6.08. The van der Waals surface area contributed by atoms with Crippen molar-refractivity contribution in [2.45, 2.75) is 30.9 Å². The first-order chi connectivity index (χ1) is 5.54. The van der Waals surface area contributed by atoms with E-state index in [0.29, 0.717) is 6.42 Å². The summed E-state index contributed by atoms with van der Waals surface area (Å²) in [4.78, 5) is 0. The molecular formula is C8H13NO2S. The number of nitriles is 1. The normalized spacial score (nSPS) is 31.0. The van der Waals surface area contributed by atoms with Crippen molar-refractivity contribution in [2.24, 2.45) is 5.92 Å². The minimum atomic E-state index is -2.92. The summed E-state index contributed by atoms with van der Waals surface area (Å²) in [5, 5.41) is 8.36. The van der Waals surface area contributed by atoms with Crippen molar-refractivity contribution in [3.8, 4) is 6.07 Å². The van der Waals surface area contributed by atoms with Crippen LogP contribution in [0, 0.1) is 17.2 Å². The van der Waals surface area contributed by atoms with Crippen molar-refractivity contribution >= 4 is 9.84 Å². The van der Waals surface area contributed by atoms with Gasteiger partial charge in [-0.1, -0.05) is 6.42 Å². The Balaban J connectivity index is 2.66. The summed E-state index contributed by atoms with van der Waals surface area (Å²) in [5.74, 6) is -0.0431. The van der Waals surface area contributed by atoms with Gasteiger partial charge in [-0.25, -0.2) is 8.42 Å². The van der Waals surface area contributed by atoms with Crippen LogP contribution in [0.5, 0.6) is 0 Å². The molecule has 0 aromatic carbocycles. The lowest BCUT2D eigenvalue weighted by molar-refractivity contribution is 0.421. The third kappa shape index (κ3) is 2.21. The Labute approximate surface area is 73.3 Å². The number of nitrogens with zero attached hydrogens (tertiary/aromatic N) is 1. The van der Waals surface area contributed by atoms with Crippen molar-refractivity contribution in [3.05, 3.63) is 0 Å². The van der Waals surface area contributed by atoms with Gasteiger partial charge in [0, 0.05) is 12.2 Å². The molecule has 68 valence electrons. The number of hydrogen-bond acceptors (Lipinski definition) is 3. The summed E-state index contributed by atoms with van der Waals surface area (Å²) >= 11 is 0. The van der Waals surface area contributed by atoms with E-state index in [0.717, 1.165) is 19.3 Å². The fraction of sp³-hybridized carbons (Fsp3) is 0.875. The molecule has 1 rings (SSSR count). The van der Waals surface area contributed by atoms with E-state index in [1.807, 2.05) is 0 Å². The molecule has 0 bridgehead atoms. The van der Waals surface area contributed by atoms with Gasteiger partial charge in [0.15, 0.2) is 0 Å². The minimum Gasteiger partial charge on any atom is -0.229 e. The van der Waals surface area contributed by atoms with Crippen LogP contribution in [0.3, 0.4) is 0 Å². The first-order valence-electron chi connectivity index (χ1n) is 4.12. The van der Waals surface area contributed by atoms with E-state index in [-0.39, 0.29) is 11.2 Å². The van der Waals surface area contributed by atoms with Crippen LogP contribution in [0.15, 0.2) is 0 Å². The highest BCUT2D eigenvalue weighted by Crippen LogP contribution is 2.27. The third-order valence-corrected chi connectivity index (χ3v) is 4.05. The molecule has 4 heteroatoms. The summed E-state index contributed by atoms with van der Waals surface area (Å²) in [6.07, 6.45) is 4.27. The van der Waals surface area contributed by atoms with E-state index >= 15 is 0 Å². The third-order valence-electron chi connectivity index (χ3n) is 2.41. The van der Waals surface area contributed by atoms with E-state index in [2.05, 4.69) is 6.07 Å². The molecule has 2 atom stereocenters. The van der Waals surface area contributed by atoms with Gasteiger partial charge in [0.2, 0.25) is 0 Å². The Morgan fingerprint density at radius 1 is 1.42 bits per heavy atom. The van der Waals surface area contributed by atoms with Gasteiger partial charge in [0.25, 0.3) is 0 Å². The maximum Gasteiger partial charge on any atom is 0.150 e. The maximum atomic E-state index is 11.1. The molecule has 1 aliphatic carbocycles. The molecule has 0 N–H and O–H groups in total. The predicted octanol–water partition coefficient (Wildman–Crippen LogP) is 1.11. The van der Waals surface area contributed by atoms with Crippen molar-refractivity contribution in [1.82, 2.24) is 0 Å². The van der Waals surface area contributed by atoms with Gasteiger partial charge >= 0.3 is 0 Å². The Bertz CT molecular complexity index is 289. The molecule has 0 heterocycles. The average molecular weight is 187 g/mol. The Kier molecular flexibility index (Phi) is 2.73. The zero-order valence-electron chi connectivity index (χ0n) is 7.16. The topological polar surface area (TPSA) is 57.9 Å². The molecule has 1 aliphatic rings. The molecule has 0 aromatic rings. The van der Waals surface area contributed by atoms with Crippen LogP contribution in [0.2, 0.25) is 0 Å². The van der Waals surface area contributed by atoms with Gasteiger partial charge in [-0.2, -0.15) is 5.26 Å². The van der Waals surface area contributed by atoms with E-state index in [1.54, 1.807) is 0 Å². The van der Waals surface area contributed by atoms with Crippen molar-refractivity contribution in [1.29, 1.82) is 5.26 Å². The molecule has 1 fully saturated rings. The smallest absolute Gasteiger partial charge is 0.150 e. The fourth-order valence-electron chi connectivity index (χ4n) is 1.65. The van der Waals surface area contributed by atoms with E-state index in [1.165, 1.54) is 6.26 Å². The van der Waals surface area contributed by atoms with Crippen LogP contribution < -0.4 is 0 Å². The number of sulfone groups is 1. The van der Waals surface area contributed by atoms with E-state index in [9.17, 15) is 8.42 Å². The standard InChI is InChI=1S/C8H13NO2S/c1-12(10,11)8-4-2-3-7(5-8)6-9/h7-8H,2-5H2,1H3. The second kappa shape index (κ2) is 3.44. The molecule has 1 saturated carbocycles. The van der Waals surface area contributed by atoms with Crippen LogP contribution in [0.1, 0.15) is 25.7 Å². The molecule has 0 aliphatic heterocycles. The molecule has 0 aromatic heterocycles. The Hall–Kier alpha value is -0.560. The van der Waals surface area contributed by atoms with Gasteiger partial charge in [-0.05, 0) is 19.3 Å². The monoisotopic (exact) mass is 187 g/mol. The van der Waals surface area contributed by atoms with Gasteiger partial charge in [-0.15, -0.1) is 0 Å². The van der Waals surface area contributed by atoms with Crippen LogP contribution in [0.25, 0.3) is 0 Å². The molecule has 0 saturated heterocycles. The molecule has 12 heavy (non-hydrogen) atoms. The van der Waals surface area contributed by atoms with Gasteiger partial charge in [0.05, 0.1) is 11.3 Å². The van der Waals surface area contributed by atoms with Crippen molar-refractivity contribution < 1.29 is 8.42 Å². The zero-order chi connectivity index (χ0) is 9.19. The molecule has 2 unspecified atom stereocenters. The predicted molar refractivity (Wildman–Crippen MR) is 46.2 cm³/mol. The molecule has 3 nitrogen and oxygen atoms in total. The summed E-state index contributed by atoms with van der Waals surface area (Å²) in [7, 11) is -2.92. The highest BCUT2D eigenvalue weighted by Gasteiger charge is 2.28. The van der Waals surface area contributed by atoms with Crippen LogP contribution in [-0.4, -0.2) is 19.9 Å². The fourth-order valence-corrected chi connectivity index (χ4v) is 2.83. The van der Waals surface area contributed by atoms with Gasteiger partial charge in [-0.3, -0.25) is 0 Å². The zero-order valence-corrected chi connectivity index (χ0v) is 7.97.